The van der Waals surface area contributed by atoms with Gasteiger partial charge in [-0.25, -0.2) is 9.18 Å². The zero-order chi connectivity index (χ0) is 28.4. The minimum atomic E-state index is -1.78. The van der Waals surface area contributed by atoms with Crippen molar-refractivity contribution >= 4 is 35.3 Å². The number of ether oxygens (including phenoxy) is 2. The maximum Gasteiger partial charge on any atom is 0.336 e. The van der Waals surface area contributed by atoms with Crippen LogP contribution in [0.15, 0.2) is 54.6 Å². The summed E-state index contributed by atoms with van der Waals surface area (Å²) in [6, 6.07) is 13.4. The molecule has 210 valence electrons. The van der Waals surface area contributed by atoms with Crippen molar-refractivity contribution in [2.45, 2.75) is 50.2 Å². The van der Waals surface area contributed by atoms with Crippen molar-refractivity contribution in [2.75, 3.05) is 19.8 Å². The Morgan fingerprint density at radius 1 is 1.05 bits per heavy atom. The van der Waals surface area contributed by atoms with E-state index in [0.29, 0.717) is 10.6 Å². The lowest BCUT2D eigenvalue weighted by Gasteiger charge is -2.46. The van der Waals surface area contributed by atoms with E-state index >= 15 is 0 Å². The zero-order valence-electron chi connectivity index (χ0n) is 21.3. The summed E-state index contributed by atoms with van der Waals surface area (Å²) >= 11 is 5.85. The van der Waals surface area contributed by atoms with Gasteiger partial charge in [0.25, 0.3) is 11.8 Å². The number of carbonyl (C=O) groups is 4. The molecule has 0 bridgehead atoms. The van der Waals surface area contributed by atoms with Crippen molar-refractivity contribution in [3.63, 3.8) is 0 Å². The molecule has 1 aliphatic rings. The van der Waals surface area contributed by atoms with Crippen LogP contribution in [0.5, 0.6) is 0 Å². The molecule has 0 spiro atoms. The van der Waals surface area contributed by atoms with Gasteiger partial charge in [-0.2, -0.15) is 0 Å². The molecule has 1 aliphatic carbocycles. The number of amides is 3. The SMILES string of the molecule is CC(=O)N[C@H]1C[C@](OCc2ccccc2)(C(=O)O)C[C@@H](OCCNC(=O)c2ccc(Cl)cc2)[C@@H]1NC(=O)CF. The van der Waals surface area contributed by atoms with Gasteiger partial charge in [0.2, 0.25) is 5.91 Å². The number of rotatable bonds is 12. The number of carboxylic acid groups (broad SMARTS) is 1. The van der Waals surface area contributed by atoms with Crippen molar-refractivity contribution in [3.8, 4) is 0 Å². The van der Waals surface area contributed by atoms with Gasteiger partial charge >= 0.3 is 5.97 Å². The van der Waals surface area contributed by atoms with Crippen molar-refractivity contribution < 1.29 is 38.1 Å². The second-order valence-corrected chi connectivity index (χ2v) is 9.62. The summed E-state index contributed by atoms with van der Waals surface area (Å²) in [5, 5.41) is 18.6. The molecule has 3 amide bonds. The number of carbonyl (C=O) groups excluding carboxylic acids is 3. The third-order valence-electron chi connectivity index (χ3n) is 6.33. The van der Waals surface area contributed by atoms with Gasteiger partial charge in [-0.3, -0.25) is 14.4 Å². The van der Waals surface area contributed by atoms with Crippen LogP contribution < -0.4 is 16.0 Å². The first-order valence-electron chi connectivity index (χ1n) is 12.3. The quantitative estimate of drug-likeness (QED) is 0.290. The van der Waals surface area contributed by atoms with Crippen molar-refractivity contribution in [1.82, 2.24) is 16.0 Å². The molecule has 1 fully saturated rings. The van der Waals surface area contributed by atoms with Crippen molar-refractivity contribution in [1.29, 1.82) is 0 Å². The van der Waals surface area contributed by atoms with Crippen LogP contribution in [-0.4, -0.2) is 72.4 Å². The van der Waals surface area contributed by atoms with Crippen LogP contribution in [0.25, 0.3) is 0 Å². The lowest BCUT2D eigenvalue weighted by molar-refractivity contribution is -0.186. The topological polar surface area (TPSA) is 143 Å². The highest BCUT2D eigenvalue weighted by Crippen LogP contribution is 2.35. The van der Waals surface area contributed by atoms with Crippen LogP contribution in [0.1, 0.15) is 35.7 Å². The second-order valence-electron chi connectivity index (χ2n) is 9.19. The van der Waals surface area contributed by atoms with Crippen LogP contribution in [0.3, 0.4) is 0 Å². The number of aliphatic carboxylic acids is 1. The minimum Gasteiger partial charge on any atom is -0.479 e. The van der Waals surface area contributed by atoms with Crippen LogP contribution in [0.4, 0.5) is 4.39 Å². The molecule has 4 N–H and O–H groups in total. The first-order chi connectivity index (χ1) is 18.6. The first kappa shape index (κ1) is 30.0. The van der Waals surface area contributed by atoms with E-state index in [1.165, 1.54) is 6.92 Å². The minimum absolute atomic E-state index is 0.0225. The Balaban J connectivity index is 1.78. The second kappa shape index (κ2) is 14.0. The molecule has 0 aromatic heterocycles. The monoisotopic (exact) mass is 563 g/mol. The molecule has 0 saturated heterocycles. The van der Waals surface area contributed by atoms with Gasteiger partial charge < -0.3 is 30.5 Å². The van der Waals surface area contributed by atoms with Gasteiger partial charge in [-0.15, -0.1) is 0 Å². The third kappa shape index (κ3) is 8.47. The molecule has 1 saturated carbocycles. The lowest BCUT2D eigenvalue weighted by atomic mass is 9.76. The molecule has 12 heteroatoms. The molecule has 0 radical (unpaired) electrons. The normalized spacial score (nSPS) is 22.5. The molecule has 10 nitrogen and oxygen atoms in total. The van der Waals surface area contributed by atoms with E-state index in [1.54, 1.807) is 48.5 Å². The highest BCUT2D eigenvalue weighted by atomic mass is 35.5. The molecular formula is C27H31ClFN3O7. The van der Waals surface area contributed by atoms with Gasteiger partial charge in [0.15, 0.2) is 12.3 Å². The van der Waals surface area contributed by atoms with Crippen molar-refractivity contribution in [2.24, 2.45) is 0 Å². The summed E-state index contributed by atoms with van der Waals surface area (Å²) in [6.07, 6.45) is -1.39. The Hall–Kier alpha value is -3.54. The summed E-state index contributed by atoms with van der Waals surface area (Å²) in [7, 11) is 0. The average Bonchev–Trinajstić information content (AvgIpc) is 2.91. The molecule has 0 aliphatic heterocycles. The van der Waals surface area contributed by atoms with Gasteiger partial charge in [0.1, 0.15) is 0 Å². The zero-order valence-corrected chi connectivity index (χ0v) is 22.1. The van der Waals surface area contributed by atoms with Crippen molar-refractivity contribution in [3.05, 3.63) is 70.7 Å². The Kier molecular flexibility index (Phi) is 10.8. The van der Waals surface area contributed by atoms with E-state index in [4.69, 9.17) is 21.1 Å². The predicted molar refractivity (Wildman–Crippen MR) is 140 cm³/mol. The van der Waals surface area contributed by atoms with Gasteiger partial charge in [-0.1, -0.05) is 41.9 Å². The summed E-state index contributed by atoms with van der Waals surface area (Å²) in [5.74, 6) is -3.05. The number of hydrogen-bond donors (Lipinski definition) is 4. The van der Waals surface area contributed by atoms with Crippen LogP contribution in [-0.2, 0) is 30.5 Å². The Morgan fingerprint density at radius 2 is 1.74 bits per heavy atom. The fourth-order valence-electron chi connectivity index (χ4n) is 4.49. The van der Waals surface area contributed by atoms with Crippen LogP contribution in [0, 0.1) is 0 Å². The van der Waals surface area contributed by atoms with E-state index in [9.17, 15) is 28.7 Å². The van der Waals surface area contributed by atoms with Gasteiger partial charge in [0, 0.05) is 36.9 Å². The van der Waals surface area contributed by atoms with E-state index in [2.05, 4.69) is 16.0 Å². The number of halogens is 2. The number of carboxylic acids is 1. The molecule has 39 heavy (non-hydrogen) atoms. The van der Waals surface area contributed by atoms with Gasteiger partial charge in [0.05, 0.1) is 31.4 Å². The number of hydrogen-bond acceptors (Lipinski definition) is 6. The fraction of sp³-hybridized carbons (Fsp3) is 0.407. The van der Waals surface area contributed by atoms with E-state index in [-0.39, 0.29) is 38.5 Å². The third-order valence-corrected chi connectivity index (χ3v) is 6.58. The number of alkyl halides is 1. The van der Waals surface area contributed by atoms with E-state index in [1.807, 2.05) is 6.07 Å². The summed E-state index contributed by atoms with van der Waals surface area (Å²) < 4.78 is 25.0. The van der Waals surface area contributed by atoms with Gasteiger partial charge in [-0.05, 0) is 29.8 Å². The Labute approximate surface area is 230 Å². The van der Waals surface area contributed by atoms with Crippen LogP contribution in [0.2, 0.25) is 5.02 Å². The first-order valence-corrected chi connectivity index (χ1v) is 12.7. The standard InChI is InChI=1S/C27H31ClFN3O7/c1-17(33)31-21-13-27(26(36)37,39-16-18-5-3-2-4-6-18)14-22(24(21)32-23(34)15-29)38-12-11-30-25(35)19-7-9-20(28)10-8-19/h2-10,21-22,24H,11-16H2,1H3,(H,30,35)(H,31,33)(H,32,34)(H,36,37)/t21-,22+,24+,27+/m0/s1. The maximum absolute atomic E-state index is 13.1. The summed E-state index contributed by atoms with van der Waals surface area (Å²) in [5.41, 5.74) is -0.656. The molecule has 2 aromatic rings. The Morgan fingerprint density at radius 3 is 2.36 bits per heavy atom. The molecule has 2 aromatic carbocycles. The lowest BCUT2D eigenvalue weighted by Crippen LogP contribution is -2.67. The molecule has 3 rings (SSSR count). The van der Waals surface area contributed by atoms with E-state index < -0.39 is 48.2 Å². The fourth-order valence-corrected chi connectivity index (χ4v) is 4.61. The molecular weight excluding hydrogens is 533 g/mol. The molecule has 4 atom stereocenters. The smallest absolute Gasteiger partial charge is 0.336 e. The summed E-state index contributed by atoms with van der Waals surface area (Å²) in [4.78, 5) is 48.9. The number of benzene rings is 2. The maximum atomic E-state index is 13.1. The largest absolute Gasteiger partial charge is 0.479 e. The summed E-state index contributed by atoms with van der Waals surface area (Å²) in [6.45, 7) is -0.0875. The number of nitrogens with one attached hydrogen (secondary N) is 3. The molecule has 0 unspecified atom stereocenters. The molecule has 0 heterocycles. The highest BCUT2D eigenvalue weighted by Gasteiger charge is 2.53. The van der Waals surface area contributed by atoms with E-state index in [0.717, 1.165) is 5.56 Å². The predicted octanol–water partition coefficient (Wildman–Crippen LogP) is 2.25. The Bertz CT molecular complexity index is 1150. The highest BCUT2D eigenvalue weighted by molar-refractivity contribution is 6.30. The average molecular weight is 564 g/mol. The van der Waals surface area contributed by atoms with Crippen LogP contribution >= 0.6 is 11.6 Å².